The topological polar surface area (TPSA) is 26.3 Å². The highest BCUT2D eigenvalue weighted by atomic mass is 35.5. The lowest BCUT2D eigenvalue weighted by Gasteiger charge is -2.10. The van der Waals surface area contributed by atoms with Gasteiger partial charge < -0.3 is 4.74 Å². The number of thiophene rings is 1. The van der Waals surface area contributed by atoms with Crippen molar-refractivity contribution < 1.29 is 9.53 Å². The Balaban J connectivity index is 2.11. The van der Waals surface area contributed by atoms with Crippen LogP contribution in [0.4, 0.5) is 0 Å². The number of carbonyl (C=O) groups excluding carboxylic acids is 1. The van der Waals surface area contributed by atoms with Crippen molar-refractivity contribution in [3.8, 4) is 5.75 Å². The summed E-state index contributed by atoms with van der Waals surface area (Å²) >= 11 is 12.9. The molecule has 0 fully saturated rings. The molecular weight excluding hydrogens is 303 g/mol. The normalized spacial score (nSPS) is 10.5. The number of ether oxygens (including phenoxy) is 1. The first kappa shape index (κ1) is 14.4. The van der Waals surface area contributed by atoms with Crippen LogP contribution in [-0.2, 0) is 0 Å². The molecule has 0 saturated heterocycles. The Bertz CT molecular complexity index is 600. The van der Waals surface area contributed by atoms with Gasteiger partial charge in [-0.05, 0) is 31.0 Å². The molecule has 0 unspecified atom stereocenters. The zero-order chi connectivity index (χ0) is 14.0. The van der Waals surface area contributed by atoms with Gasteiger partial charge in [-0.2, -0.15) is 0 Å². The summed E-state index contributed by atoms with van der Waals surface area (Å²) < 4.78 is 6.50. The van der Waals surface area contributed by atoms with Crippen LogP contribution in [0.25, 0.3) is 0 Å². The maximum Gasteiger partial charge on any atom is 0.202 e. The molecular formula is C14H12Cl2O2S. The Kier molecular flexibility index (Phi) is 4.50. The molecule has 0 spiro atoms. The number of Topliss-reactive ketones (excluding diaryl/α,β-unsaturated/α-hetero) is 1. The van der Waals surface area contributed by atoms with Crippen LogP contribution in [-0.4, -0.2) is 12.4 Å². The predicted octanol–water partition coefficient (Wildman–Crippen LogP) is 4.93. The van der Waals surface area contributed by atoms with Gasteiger partial charge in [0.25, 0.3) is 0 Å². The molecule has 19 heavy (non-hydrogen) atoms. The average molecular weight is 315 g/mol. The summed E-state index contributed by atoms with van der Waals surface area (Å²) in [4.78, 5) is 12.0. The van der Waals surface area contributed by atoms with E-state index < -0.39 is 0 Å². The van der Waals surface area contributed by atoms with Gasteiger partial charge in [0.1, 0.15) is 10.1 Å². The highest BCUT2D eigenvalue weighted by Crippen LogP contribution is 2.31. The minimum Gasteiger partial charge on any atom is -0.485 e. The first-order chi connectivity index (χ1) is 8.99. The molecule has 0 radical (unpaired) electrons. The molecule has 0 aliphatic rings. The quantitative estimate of drug-likeness (QED) is 0.748. The molecule has 5 heteroatoms. The number of halogens is 2. The largest absolute Gasteiger partial charge is 0.485 e. The van der Waals surface area contributed by atoms with Crippen molar-refractivity contribution in [2.24, 2.45) is 0 Å². The molecule has 0 atom stereocenters. The third-order valence-electron chi connectivity index (χ3n) is 2.71. The van der Waals surface area contributed by atoms with Crippen LogP contribution in [0.15, 0.2) is 24.3 Å². The minimum absolute atomic E-state index is 0.0432. The molecule has 0 amide bonds. The van der Waals surface area contributed by atoms with E-state index in [2.05, 4.69) is 0 Å². The molecule has 2 rings (SSSR count). The van der Waals surface area contributed by atoms with Crippen LogP contribution < -0.4 is 4.74 Å². The van der Waals surface area contributed by atoms with Crippen molar-refractivity contribution in [2.75, 3.05) is 6.61 Å². The average Bonchev–Trinajstić information content (AvgIpc) is 2.67. The van der Waals surface area contributed by atoms with Crippen molar-refractivity contribution >= 4 is 40.3 Å². The van der Waals surface area contributed by atoms with Crippen molar-refractivity contribution in [3.05, 3.63) is 49.6 Å². The van der Waals surface area contributed by atoms with Gasteiger partial charge >= 0.3 is 0 Å². The number of hydrogen-bond donors (Lipinski definition) is 0. The molecule has 0 N–H and O–H groups in total. The van der Waals surface area contributed by atoms with E-state index in [-0.39, 0.29) is 12.4 Å². The van der Waals surface area contributed by atoms with Gasteiger partial charge in [0.2, 0.25) is 5.78 Å². The fourth-order valence-corrected chi connectivity index (χ4v) is 3.27. The number of ketones is 1. The highest BCUT2D eigenvalue weighted by molar-refractivity contribution is 7.20. The van der Waals surface area contributed by atoms with E-state index in [9.17, 15) is 4.79 Å². The second-order valence-corrected chi connectivity index (χ2v) is 6.46. The standard InChI is InChI=1S/C14H12Cl2O2S/c1-8-4-3-5-9(2)13(8)18-7-11(17)10-6-12(15)19-14(10)16/h3-6H,7H2,1-2H3. The molecule has 0 aliphatic heterocycles. The number of aryl methyl sites for hydroxylation is 2. The Morgan fingerprint density at radius 2 is 1.89 bits per heavy atom. The van der Waals surface area contributed by atoms with E-state index in [0.29, 0.717) is 14.2 Å². The van der Waals surface area contributed by atoms with Gasteiger partial charge in [-0.1, -0.05) is 41.4 Å². The monoisotopic (exact) mass is 314 g/mol. The lowest BCUT2D eigenvalue weighted by atomic mass is 10.1. The summed E-state index contributed by atoms with van der Waals surface area (Å²) in [5.41, 5.74) is 2.42. The number of hydrogen-bond acceptors (Lipinski definition) is 3. The number of rotatable bonds is 4. The van der Waals surface area contributed by atoms with E-state index in [4.69, 9.17) is 27.9 Å². The molecule has 0 aliphatic carbocycles. The third kappa shape index (κ3) is 3.30. The van der Waals surface area contributed by atoms with Crippen LogP contribution in [0.3, 0.4) is 0 Å². The van der Waals surface area contributed by atoms with Crippen molar-refractivity contribution in [2.45, 2.75) is 13.8 Å². The van der Waals surface area contributed by atoms with Gasteiger partial charge in [-0.3, -0.25) is 4.79 Å². The smallest absolute Gasteiger partial charge is 0.202 e. The van der Waals surface area contributed by atoms with Gasteiger partial charge in [-0.15, -0.1) is 11.3 Å². The molecule has 2 nitrogen and oxygen atoms in total. The lowest BCUT2D eigenvalue weighted by molar-refractivity contribution is 0.0921. The fraction of sp³-hybridized carbons (Fsp3) is 0.214. The summed E-state index contributed by atoms with van der Waals surface area (Å²) in [7, 11) is 0. The second kappa shape index (κ2) is 5.95. The Morgan fingerprint density at radius 3 is 2.42 bits per heavy atom. The summed E-state index contributed by atoms with van der Waals surface area (Å²) in [5, 5.41) is 0. The Morgan fingerprint density at radius 1 is 1.26 bits per heavy atom. The first-order valence-electron chi connectivity index (χ1n) is 5.66. The van der Waals surface area contributed by atoms with E-state index in [1.165, 1.54) is 11.3 Å². The molecule has 1 aromatic heterocycles. The van der Waals surface area contributed by atoms with Crippen LogP contribution in [0.1, 0.15) is 21.5 Å². The van der Waals surface area contributed by atoms with Crippen LogP contribution in [0, 0.1) is 13.8 Å². The summed E-state index contributed by atoms with van der Waals surface area (Å²) in [6.07, 6.45) is 0. The number of para-hydroxylation sites is 1. The van der Waals surface area contributed by atoms with Crippen molar-refractivity contribution in [3.63, 3.8) is 0 Å². The van der Waals surface area contributed by atoms with E-state index in [0.717, 1.165) is 16.9 Å². The maximum absolute atomic E-state index is 12.0. The third-order valence-corrected chi connectivity index (χ3v) is 4.20. The predicted molar refractivity (Wildman–Crippen MR) is 80.1 cm³/mol. The van der Waals surface area contributed by atoms with Gasteiger partial charge in [0.05, 0.1) is 9.90 Å². The number of benzene rings is 1. The Labute approximate surface area is 125 Å². The van der Waals surface area contributed by atoms with Crippen LogP contribution in [0.5, 0.6) is 5.75 Å². The summed E-state index contributed by atoms with van der Waals surface area (Å²) in [6.45, 7) is 3.85. The van der Waals surface area contributed by atoms with E-state index in [1.807, 2.05) is 32.0 Å². The molecule has 0 bridgehead atoms. The molecule has 1 heterocycles. The van der Waals surface area contributed by atoms with Crippen molar-refractivity contribution in [1.29, 1.82) is 0 Å². The second-order valence-electron chi connectivity index (χ2n) is 4.17. The SMILES string of the molecule is Cc1cccc(C)c1OCC(=O)c1cc(Cl)sc1Cl. The first-order valence-corrected chi connectivity index (χ1v) is 7.23. The minimum atomic E-state index is -0.171. The molecule has 2 aromatic rings. The summed E-state index contributed by atoms with van der Waals surface area (Å²) in [6, 6.07) is 7.42. The van der Waals surface area contributed by atoms with E-state index in [1.54, 1.807) is 6.07 Å². The molecule has 0 saturated carbocycles. The highest BCUT2D eigenvalue weighted by Gasteiger charge is 2.15. The Hall–Kier alpha value is -1.03. The summed E-state index contributed by atoms with van der Waals surface area (Å²) in [5.74, 6) is 0.573. The van der Waals surface area contributed by atoms with Gasteiger partial charge in [0.15, 0.2) is 6.61 Å². The number of carbonyl (C=O) groups is 1. The van der Waals surface area contributed by atoms with Gasteiger partial charge in [-0.25, -0.2) is 0 Å². The lowest BCUT2D eigenvalue weighted by Crippen LogP contribution is -2.12. The van der Waals surface area contributed by atoms with E-state index >= 15 is 0 Å². The van der Waals surface area contributed by atoms with Crippen molar-refractivity contribution in [1.82, 2.24) is 0 Å². The molecule has 100 valence electrons. The van der Waals surface area contributed by atoms with Crippen LogP contribution >= 0.6 is 34.5 Å². The molecule has 1 aromatic carbocycles. The fourth-order valence-electron chi connectivity index (χ4n) is 1.77. The maximum atomic E-state index is 12.0. The zero-order valence-corrected chi connectivity index (χ0v) is 12.8. The zero-order valence-electron chi connectivity index (χ0n) is 10.5. The van der Waals surface area contributed by atoms with Crippen LogP contribution in [0.2, 0.25) is 8.67 Å². The van der Waals surface area contributed by atoms with Gasteiger partial charge in [0, 0.05) is 0 Å².